The van der Waals surface area contributed by atoms with Gasteiger partial charge in [0.05, 0.1) is 5.52 Å². The van der Waals surface area contributed by atoms with Crippen molar-refractivity contribution in [2.45, 2.75) is 27.3 Å². The average molecular weight is 200 g/mol. The minimum atomic E-state index is 0.550. The van der Waals surface area contributed by atoms with E-state index in [9.17, 15) is 0 Å². The van der Waals surface area contributed by atoms with Gasteiger partial charge in [0.15, 0.2) is 0 Å². The Morgan fingerprint density at radius 2 is 1.87 bits per heavy atom. The van der Waals surface area contributed by atoms with Gasteiger partial charge in [0, 0.05) is 17.6 Å². The number of aryl methyl sites for hydroxylation is 3. The summed E-state index contributed by atoms with van der Waals surface area (Å²) in [4.78, 5) is 4.57. The molecule has 0 radical (unpaired) electrons. The van der Waals surface area contributed by atoms with Gasteiger partial charge in [-0.2, -0.15) is 0 Å². The SMILES string of the molecule is Cc1cc(CN)c2nc(C)cc(C)c2c1. The molecule has 0 saturated carbocycles. The third-order valence-corrected chi connectivity index (χ3v) is 2.69. The zero-order chi connectivity index (χ0) is 11.0. The van der Waals surface area contributed by atoms with Gasteiger partial charge in [-0.15, -0.1) is 0 Å². The van der Waals surface area contributed by atoms with Crippen LogP contribution in [0.4, 0.5) is 0 Å². The van der Waals surface area contributed by atoms with Gasteiger partial charge < -0.3 is 5.73 Å². The van der Waals surface area contributed by atoms with Crippen LogP contribution in [0.15, 0.2) is 18.2 Å². The maximum Gasteiger partial charge on any atom is 0.0752 e. The quantitative estimate of drug-likeness (QED) is 0.768. The molecule has 0 amide bonds. The summed E-state index contributed by atoms with van der Waals surface area (Å²) >= 11 is 0. The lowest BCUT2D eigenvalue weighted by atomic mass is 10.0. The molecule has 0 fully saturated rings. The summed E-state index contributed by atoms with van der Waals surface area (Å²) < 4.78 is 0. The number of fused-ring (bicyclic) bond motifs is 1. The molecule has 0 spiro atoms. The molecule has 1 aromatic heterocycles. The van der Waals surface area contributed by atoms with Crippen LogP contribution in [-0.4, -0.2) is 4.98 Å². The van der Waals surface area contributed by atoms with E-state index < -0.39 is 0 Å². The van der Waals surface area contributed by atoms with Gasteiger partial charge in [0.1, 0.15) is 0 Å². The number of rotatable bonds is 1. The first kappa shape index (κ1) is 10.1. The summed E-state index contributed by atoms with van der Waals surface area (Å²) in [5.41, 5.74) is 11.5. The van der Waals surface area contributed by atoms with E-state index in [2.05, 4.69) is 37.0 Å². The molecule has 78 valence electrons. The van der Waals surface area contributed by atoms with E-state index in [1.54, 1.807) is 0 Å². The predicted molar refractivity (Wildman–Crippen MR) is 63.8 cm³/mol. The van der Waals surface area contributed by atoms with Gasteiger partial charge in [-0.3, -0.25) is 4.98 Å². The van der Waals surface area contributed by atoms with Crippen LogP contribution in [0.5, 0.6) is 0 Å². The number of benzene rings is 1. The largest absolute Gasteiger partial charge is 0.326 e. The number of nitrogens with two attached hydrogens (primary N) is 1. The van der Waals surface area contributed by atoms with Crippen molar-refractivity contribution < 1.29 is 0 Å². The number of pyridine rings is 1. The van der Waals surface area contributed by atoms with Crippen molar-refractivity contribution in [3.63, 3.8) is 0 Å². The lowest BCUT2D eigenvalue weighted by Gasteiger charge is -2.09. The maximum absolute atomic E-state index is 5.74. The monoisotopic (exact) mass is 200 g/mol. The maximum atomic E-state index is 5.74. The van der Waals surface area contributed by atoms with Gasteiger partial charge in [-0.05, 0) is 44.0 Å². The number of hydrogen-bond donors (Lipinski definition) is 1. The highest BCUT2D eigenvalue weighted by Crippen LogP contribution is 2.22. The highest BCUT2D eigenvalue weighted by atomic mass is 14.7. The third kappa shape index (κ3) is 1.73. The summed E-state index contributed by atoms with van der Waals surface area (Å²) in [5.74, 6) is 0. The molecule has 2 N–H and O–H groups in total. The number of nitrogens with zero attached hydrogens (tertiary/aromatic N) is 1. The van der Waals surface area contributed by atoms with Gasteiger partial charge in [0.25, 0.3) is 0 Å². The topological polar surface area (TPSA) is 38.9 Å². The van der Waals surface area contributed by atoms with Crippen molar-refractivity contribution in [1.82, 2.24) is 4.98 Å². The average Bonchev–Trinajstić information content (AvgIpc) is 2.18. The Bertz CT molecular complexity index is 515. The summed E-state index contributed by atoms with van der Waals surface area (Å²) in [6.07, 6.45) is 0. The Labute approximate surface area is 90.1 Å². The second-order valence-corrected chi connectivity index (χ2v) is 4.10. The van der Waals surface area contributed by atoms with Crippen molar-refractivity contribution in [1.29, 1.82) is 0 Å². The van der Waals surface area contributed by atoms with E-state index in [0.29, 0.717) is 6.54 Å². The van der Waals surface area contributed by atoms with Crippen LogP contribution >= 0.6 is 0 Å². The zero-order valence-electron chi connectivity index (χ0n) is 9.46. The Morgan fingerprint density at radius 3 is 2.53 bits per heavy atom. The van der Waals surface area contributed by atoms with Crippen LogP contribution in [0, 0.1) is 20.8 Å². The fourth-order valence-corrected chi connectivity index (χ4v) is 2.04. The second kappa shape index (κ2) is 3.63. The lowest BCUT2D eigenvalue weighted by molar-refractivity contribution is 1.07. The molecule has 2 rings (SSSR count). The predicted octanol–water partition coefficient (Wildman–Crippen LogP) is 2.62. The molecule has 0 aliphatic rings. The molecule has 1 aromatic carbocycles. The minimum absolute atomic E-state index is 0.550. The van der Waals surface area contributed by atoms with Crippen LogP contribution in [0.3, 0.4) is 0 Å². The molecule has 2 aromatic rings. The van der Waals surface area contributed by atoms with Gasteiger partial charge in [0.2, 0.25) is 0 Å². The smallest absolute Gasteiger partial charge is 0.0752 e. The van der Waals surface area contributed by atoms with E-state index in [4.69, 9.17) is 5.73 Å². The minimum Gasteiger partial charge on any atom is -0.326 e. The molecule has 0 saturated heterocycles. The van der Waals surface area contributed by atoms with Crippen molar-refractivity contribution in [3.8, 4) is 0 Å². The van der Waals surface area contributed by atoms with Gasteiger partial charge >= 0.3 is 0 Å². The van der Waals surface area contributed by atoms with E-state index in [1.807, 2.05) is 6.92 Å². The molecule has 0 aliphatic heterocycles. The molecule has 0 atom stereocenters. The summed E-state index contributed by atoms with van der Waals surface area (Å²) in [7, 11) is 0. The van der Waals surface area contributed by atoms with Gasteiger partial charge in [-0.1, -0.05) is 11.6 Å². The molecule has 0 bridgehead atoms. The Balaban J connectivity index is 2.89. The normalized spacial score (nSPS) is 10.9. The highest BCUT2D eigenvalue weighted by Gasteiger charge is 2.05. The second-order valence-electron chi connectivity index (χ2n) is 4.10. The van der Waals surface area contributed by atoms with Crippen LogP contribution in [0.25, 0.3) is 10.9 Å². The summed E-state index contributed by atoms with van der Waals surface area (Å²) in [6, 6.07) is 6.41. The molecule has 15 heavy (non-hydrogen) atoms. The first-order valence-corrected chi connectivity index (χ1v) is 5.19. The van der Waals surface area contributed by atoms with E-state index in [0.717, 1.165) is 16.8 Å². The van der Waals surface area contributed by atoms with Crippen LogP contribution in [-0.2, 0) is 6.54 Å². The Hall–Kier alpha value is -1.41. The first-order valence-electron chi connectivity index (χ1n) is 5.19. The lowest BCUT2D eigenvalue weighted by Crippen LogP contribution is -2.00. The van der Waals surface area contributed by atoms with Crippen LogP contribution in [0.2, 0.25) is 0 Å². The molecule has 1 heterocycles. The van der Waals surface area contributed by atoms with Crippen molar-refractivity contribution in [3.05, 3.63) is 40.6 Å². The molecule has 0 aliphatic carbocycles. The summed E-state index contributed by atoms with van der Waals surface area (Å²) in [6.45, 7) is 6.79. The third-order valence-electron chi connectivity index (χ3n) is 2.69. The zero-order valence-corrected chi connectivity index (χ0v) is 9.46. The first-order chi connectivity index (χ1) is 7.11. The van der Waals surface area contributed by atoms with E-state index >= 15 is 0 Å². The molecule has 0 unspecified atom stereocenters. The van der Waals surface area contributed by atoms with E-state index in [-0.39, 0.29) is 0 Å². The van der Waals surface area contributed by atoms with Crippen molar-refractivity contribution >= 4 is 10.9 Å². The standard InChI is InChI=1S/C13H16N2/c1-8-4-11(7-14)13-12(5-8)9(2)6-10(3)15-13/h4-6H,7,14H2,1-3H3. The van der Waals surface area contributed by atoms with Crippen LogP contribution < -0.4 is 5.73 Å². The summed E-state index contributed by atoms with van der Waals surface area (Å²) in [5, 5.41) is 1.22. The van der Waals surface area contributed by atoms with Crippen molar-refractivity contribution in [2.24, 2.45) is 5.73 Å². The molecule has 2 nitrogen and oxygen atoms in total. The van der Waals surface area contributed by atoms with Crippen molar-refractivity contribution in [2.75, 3.05) is 0 Å². The Morgan fingerprint density at radius 1 is 1.13 bits per heavy atom. The molecular weight excluding hydrogens is 184 g/mol. The van der Waals surface area contributed by atoms with Crippen LogP contribution in [0.1, 0.15) is 22.4 Å². The number of hydrogen-bond acceptors (Lipinski definition) is 2. The highest BCUT2D eigenvalue weighted by molar-refractivity contribution is 5.85. The fourth-order valence-electron chi connectivity index (χ4n) is 2.04. The molecule has 2 heteroatoms. The fraction of sp³-hybridized carbons (Fsp3) is 0.308. The Kier molecular flexibility index (Phi) is 2.45. The van der Waals surface area contributed by atoms with E-state index in [1.165, 1.54) is 16.5 Å². The molecular formula is C13H16N2. The number of aromatic nitrogens is 1. The van der Waals surface area contributed by atoms with Gasteiger partial charge in [-0.25, -0.2) is 0 Å².